The van der Waals surface area contributed by atoms with Gasteiger partial charge in [0.2, 0.25) is 0 Å². The molecule has 5 nitrogen and oxygen atoms in total. The molecule has 0 saturated heterocycles. The van der Waals surface area contributed by atoms with Gasteiger partial charge in [-0.2, -0.15) is 5.10 Å². The number of H-pyrrole nitrogens is 1. The summed E-state index contributed by atoms with van der Waals surface area (Å²) in [4.78, 5) is 11.6. The second-order valence-electron chi connectivity index (χ2n) is 2.97. The number of hydrogen-bond acceptors (Lipinski definition) is 3. The summed E-state index contributed by atoms with van der Waals surface area (Å²) in [6.07, 6.45) is 1.54. The zero-order valence-corrected chi connectivity index (χ0v) is 7.77. The second kappa shape index (κ2) is 3.83. The third-order valence-corrected chi connectivity index (χ3v) is 1.86. The van der Waals surface area contributed by atoms with Gasteiger partial charge in [0, 0.05) is 11.6 Å². The minimum Gasteiger partial charge on any atom is -0.508 e. The average Bonchev–Trinajstić information content (AvgIpc) is 2.70. The van der Waals surface area contributed by atoms with Crippen LogP contribution in [-0.2, 0) is 0 Å². The number of carbonyl (C=O) groups excluding carboxylic acids is 1. The van der Waals surface area contributed by atoms with Crippen molar-refractivity contribution in [2.45, 2.75) is 0 Å². The largest absolute Gasteiger partial charge is 0.508 e. The van der Waals surface area contributed by atoms with E-state index < -0.39 is 0 Å². The maximum absolute atomic E-state index is 11.6. The smallest absolute Gasteiger partial charge is 0.256 e. The van der Waals surface area contributed by atoms with Gasteiger partial charge in [0.25, 0.3) is 5.91 Å². The summed E-state index contributed by atoms with van der Waals surface area (Å²) in [7, 11) is 0. The van der Waals surface area contributed by atoms with Crippen molar-refractivity contribution in [3.8, 4) is 5.75 Å². The predicted molar refractivity (Wildman–Crippen MR) is 54.6 cm³/mol. The maximum atomic E-state index is 11.6. The Balaban J connectivity index is 2.15. The zero-order valence-electron chi connectivity index (χ0n) is 7.77. The number of aromatic hydroxyl groups is 1. The van der Waals surface area contributed by atoms with Gasteiger partial charge in [-0.3, -0.25) is 9.89 Å². The van der Waals surface area contributed by atoms with Gasteiger partial charge >= 0.3 is 0 Å². The number of amides is 1. The third kappa shape index (κ3) is 2.14. The molecule has 1 amide bonds. The maximum Gasteiger partial charge on any atom is 0.256 e. The minimum atomic E-state index is -0.296. The first-order chi connectivity index (χ1) is 7.25. The highest BCUT2D eigenvalue weighted by Crippen LogP contribution is 2.12. The van der Waals surface area contributed by atoms with Crippen LogP contribution < -0.4 is 5.32 Å². The van der Waals surface area contributed by atoms with Crippen LogP contribution in [0, 0.1) is 0 Å². The highest BCUT2D eigenvalue weighted by Gasteiger charge is 2.06. The number of rotatable bonds is 2. The van der Waals surface area contributed by atoms with E-state index in [1.54, 1.807) is 18.2 Å². The van der Waals surface area contributed by atoms with Crippen LogP contribution in [-0.4, -0.2) is 21.2 Å². The summed E-state index contributed by atoms with van der Waals surface area (Å²) in [6, 6.07) is 7.77. The molecule has 0 bridgehead atoms. The standard InChI is InChI=1S/C10H9N3O2/c14-8-3-1-2-7(6-8)10(15)12-9-4-5-11-13-9/h1-6,14H,(H2,11,12,13,15). The van der Waals surface area contributed by atoms with Crippen molar-refractivity contribution in [2.75, 3.05) is 5.32 Å². The van der Waals surface area contributed by atoms with E-state index in [0.717, 1.165) is 0 Å². The van der Waals surface area contributed by atoms with Gasteiger partial charge in [-0.15, -0.1) is 0 Å². The molecule has 0 fully saturated rings. The highest BCUT2D eigenvalue weighted by molar-refractivity contribution is 6.03. The minimum absolute atomic E-state index is 0.0623. The summed E-state index contributed by atoms with van der Waals surface area (Å²) >= 11 is 0. The van der Waals surface area contributed by atoms with Gasteiger partial charge in [0.15, 0.2) is 0 Å². The predicted octanol–water partition coefficient (Wildman–Crippen LogP) is 1.37. The molecule has 0 aliphatic heterocycles. The number of carbonyl (C=O) groups is 1. The topological polar surface area (TPSA) is 78.0 Å². The lowest BCUT2D eigenvalue weighted by Gasteiger charge is -2.02. The second-order valence-corrected chi connectivity index (χ2v) is 2.97. The summed E-state index contributed by atoms with van der Waals surface area (Å²) < 4.78 is 0. The van der Waals surface area contributed by atoms with E-state index in [4.69, 9.17) is 0 Å². The van der Waals surface area contributed by atoms with Crippen molar-refractivity contribution >= 4 is 11.7 Å². The molecule has 5 heteroatoms. The van der Waals surface area contributed by atoms with Crippen LogP contribution in [0.1, 0.15) is 10.4 Å². The van der Waals surface area contributed by atoms with E-state index in [0.29, 0.717) is 11.4 Å². The van der Waals surface area contributed by atoms with Crippen molar-refractivity contribution in [2.24, 2.45) is 0 Å². The van der Waals surface area contributed by atoms with Crippen LogP contribution in [0.25, 0.3) is 0 Å². The Morgan fingerprint density at radius 1 is 1.40 bits per heavy atom. The number of nitrogens with one attached hydrogen (secondary N) is 2. The molecule has 0 unspecified atom stereocenters. The number of aromatic amines is 1. The Hall–Kier alpha value is -2.30. The number of benzene rings is 1. The van der Waals surface area contributed by atoms with Gasteiger partial charge in [-0.25, -0.2) is 0 Å². The molecule has 3 N–H and O–H groups in total. The Bertz CT molecular complexity index is 465. The van der Waals surface area contributed by atoms with E-state index >= 15 is 0 Å². The molecule has 0 aliphatic carbocycles. The van der Waals surface area contributed by atoms with Crippen LogP contribution in [0.5, 0.6) is 5.75 Å². The molecule has 0 spiro atoms. The number of phenols is 1. The number of hydrogen-bond donors (Lipinski definition) is 3. The zero-order chi connectivity index (χ0) is 10.7. The quantitative estimate of drug-likeness (QED) is 0.689. The summed E-state index contributed by atoms with van der Waals surface area (Å²) in [5, 5.41) is 18.1. The van der Waals surface area contributed by atoms with Crippen molar-refractivity contribution in [1.29, 1.82) is 0 Å². The Morgan fingerprint density at radius 2 is 2.27 bits per heavy atom. The van der Waals surface area contributed by atoms with Gasteiger partial charge in [-0.1, -0.05) is 6.07 Å². The van der Waals surface area contributed by atoms with Crippen LogP contribution in [0.4, 0.5) is 5.82 Å². The number of nitrogens with zero attached hydrogens (tertiary/aromatic N) is 1. The Morgan fingerprint density at radius 3 is 2.93 bits per heavy atom. The van der Waals surface area contributed by atoms with E-state index in [1.807, 2.05) is 0 Å². The molecule has 0 atom stereocenters. The SMILES string of the molecule is O=C(Nc1ccn[nH]1)c1cccc(O)c1. The molecule has 76 valence electrons. The molecule has 15 heavy (non-hydrogen) atoms. The van der Waals surface area contributed by atoms with Gasteiger partial charge in [0.1, 0.15) is 11.6 Å². The van der Waals surface area contributed by atoms with Crippen LogP contribution in [0.3, 0.4) is 0 Å². The van der Waals surface area contributed by atoms with Gasteiger partial charge < -0.3 is 10.4 Å². The van der Waals surface area contributed by atoms with Crippen molar-refractivity contribution in [3.05, 3.63) is 42.1 Å². The molecule has 2 aromatic rings. The summed E-state index contributed by atoms with van der Waals surface area (Å²) in [6.45, 7) is 0. The fourth-order valence-corrected chi connectivity index (χ4v) is 1.17. The number of aromatic nitrogens is 2. The first-order valence-electron chi connectivity index (χ1n) is 4.35. The van der Waals surface area contributed by atoms with E-state index in [9.17, 15) is 9.90 Å². The van der Waals surface area contributed by atoms with Crippen LogP contribution in [0.15, 0.2) is 36.5 Å². The van der Waals surface area contributed by atoms with E-state index in [1.165, 1.54) is 18.3 Å². The lowest BCUT2D eigenvalue weighted by molar-refractivity contribution is 0.102. The van der Waals surface area contributed by atoms with E-state index in [2.05, 4.69) is 15.5 Å². The van der Waals surface area contributed by atoms with E-state index in [-0.39, 0.29) is 11.7 Å². The average molecular weight is 203 g/mol. The fraction of sp³-hybridized carbons (Fsp3) is 0. The summed E-state index contributed by atoms with van der Waals surface area (Å²) in [5.74, 6) is 0.283. The van der Waals surface area contributed by atoms with Crippen LogP contribution in [0.2, 0.25) is 0 Å². The van der Waals surface area contributed by atoms with Crippen LogP contribution >= 0.6 is 0 Å². The molecule has 0 radical (unpaired) electrons. The monoisotopic (exact) mass is 203 g/mol. The first kappa shape index (κ1) is 9.26. The number of phenolic OH excluding ortho intramolecular Hbond substituents is 1. The van der Waals surface area contributed by atoms with Gasteiger partial charge in [0.05, 0.1) is 6.20 Å². The molecule has 1 heterocycles. The molecule has 0 saturated carbocycles. The van der Waals surface area contributed by atoms with Gasteiger partial charge in [-0.05, 0) is 18.2 Å². The Labute approximate surface area is 85.8 Å². The lowest BCUT2D eigenvalue weighted by atomic mass is 10.2. The molecule has 0 aliphatic rings. The normalized spacial score (nSPS) is 9.87. The molecule has 1 aromatic heterocycles. The molecule has 2 rings (SSSR count). The van der Waals surface area contributed by atoms with Crippen molar-refractivity contribution < 1.29 is 9.90 Å². The highest BCUT2D eigenvalue weighted by atomic mass is 16.3. The van der Waals surface area contributed by atoms with Crippen molar-refractivity contribution in [3.63, 3.8) is 0 Å². The molecular weight excluding hydrogens is 194 g/mol. The lowest BCUT2D eigenvalue weighted by Crippen LogP contribution is -2.11. The molecular formula is C10H9N3O2. The Kier molecular flexibility index (Phi) is 2.37. The molecule has 1 aromatic carbocycles. The first-order valence-corrected chi connectivity index (χ1v) is 4.35. The van der Waals surface area contributed by atoms with Crippen molar-refractivity contribution in [1.82, 2.24) is 10.2 Å². The third-order valence-electron chi connectivity index (χ3n) is 1.86. The number of anilines is 1. The summed E-state index contributed by atoms with van der Waals surface area (Å²) in [5.41, 5.74) is 0.393. The fourth-order valence-electron chi connectivity index (χ4n) is 1.17.